The Morgan fingerprint density at radius 3 is 2.67 bits per heavy atom. The Morgan fingerprint density at radius 2 is 1.93 bits per heavy atom. The van der Waals surface area contributed by atoms with Gasteiger partial charge in [0.05, 0.1) is 22.9 Å². The number of anilines is 1. The number of thiazole rings is 1. The van der Waals surface area contributed by atoms with Gasteiger partial charge >= 0.3 is 0 Å². The highest BCUT2D eigenvalue weighted by Crippen LogP contribution is 2.30. The van der Waals surface area contributed by atoms with Gasteiger partial charge in [-0.1, -0.05) is 34.1 Å². The second-order valence-corrected chi connectivity index (χ2v) is 11.3. The highest BCUT2D eigenvalue weighted by molar-refractivity contribution is 9.10. The number of piperidine rings is 1. The predicted molar refractivity (Wildman–Crippen MR) is 124 cm³/mol. The second-order valence-electron chi connectivity index (χ2n) is 7.34. The lowest BCUT2D eigenvalue weighted by molar-refractivity contribution is 0.414. The summed E-state index contributed by atoms with van der Waals surface area (Å²) in [6, 6.07) is 15.0. The van der Waals surface area contributed by atoms with Crippen LogP contribution in [0.2, 0.25) is 0 Å². The number of rotatable bonds is 6. The van der Waals surface area contributed by atoms with E-state index in [1.54, 1.807) is 36.6 Å². The number of halogens is 1. The van der Waals surface area contributed by atoms with Gasteiger partial charge in [0.1, 0.15) is 5.75 Å². The molecule has 3 aromatic rings. The highest BCUT2D eigenvalue weighted by atomic mass is 79.9. The van der Waals surface area contributed by atoms with Crippen LogP contribution in [0.25, 0.3) is 0 Å². The minimum absolute atomic E-state index is 0.348. The maximum Gasteiger partial charge on any atom is 0.185 e. The van der Waals surface area contributed by atoms with Crippen molar-refractivity contribution in [3.05, 3.63) is 69.6 Å². The molecule has 2 aromatic carbocycles. The minimum atomic E-state index is -3.32. The summed E-state index contributed by atoms with van der Waals surface area (Å²) in [5.41, 5.74) is 2.18. The van der Waals surface area contributed by atoms with Crippen molar-refractivity contribution in [1.82, 2.24) is 4.98 Å². The molecule has 0 radical (unpaired) electrons. The van der Waals surface area contributed by atoms with Crippen LogP contribution in [0, 0.1) is 0 Å². The predicted octanol–water partition coefficient (Wildman–Crippen LogP) is 4.95. The molecule has 1 fully saturated rings. The second kappa shape index (κ2) is 9.08. The first-order valence-corrected chi connectivity index (χ1v) is 13.0. The Labute approximate surface area is 189 Å². The number of sulfone groups is 1. The molecule has 0 bridgehead atoms. The molecule has 0 atom stereocenters. The standard InChI is InChI=1S/C22H23BrN2O3S2/c1-28-19-6-2-4-16(13-19)12-18-15-29-22(24-18)25-10-8-20(9-11-25)30(26,27)21-7-3-5-17(23)14-21/h2-7,13-15,20H,8-12H2,1H3. The summed E-state index contributed by atoms with van der Waals surface area (Å²) < 4.78 is 32.0. The van der Waals surface area contributed by atoms with Crippen molar-refractivity contribution in [3.63, 3.8) is 0 Å². The lowest BCUT2D eigenvalue weighted by atomic mass is 10.1. The molecule has 1 saturated heterocycles. The van der Waals surface area contributed by atoms with Crippen LogP contribution < -0.4 is 9.64 Å². The van der Waals surface area contributed by atoms with Crippen molar-refractivity contribution in [2.75, 3.05) is 25.1 Å². The zero-order chi connectivity index (χ0) is 21.1. The van der Waals surface area contributed by atoms with Crippen LogP contribution in [0.4, 0.5) is 5.13 Å². The molecule has 0 amide bonds. The van der Waals surface area contributed by atoms with Crippen molar-refractivity contribution in [1.29, 1.82) is 0 Å². The van der Waals surface area contributed by atoms with Gasteiger partial charge in [-0.15, -0.1) is 11.3 Å². The van der Waals surface area contributed by atoms with Gasteiger partial charge in [-0.2, -0.15) is 0 Å². The summed E-state index contributed by atoms with van der Waals surface area (Å²) in [4.78, 5) is 7.38. The lowest BCUT2D eigenvalue weighted by Gasteiger charge is -2.31. The van der Waals surface area contributed by atoms with Crippen LogP contribution in [-0.4, -0.2) is 38.9 Å². The summed E-state index contributed by atoms with van der Waals surface area (Å²) in [6.07, 6.45) is 1.97. The summed E-state index contributed by atoms with van der Waals surface area (Å²) in [6.45, 7) is 1.40. The smallest absolute Gasteiger partial charge is 0.185 e. The Kier molecular flexibility index (Phi) is 6.46. The Bertz CT molecular complexity index is 1120. The number of hydrogen-bond donors (Lipinski definition) is 0. The minimum Gasteiger partial charge on any atom is -0.497 e. The molecule has 1 aliphatic heterocycles. The lowest BCUT2D eigenvalue weighted by Crippen LogP contribution is -2.39. The molecular weight excluding hydrogens is 484 g/mol. The van der Waals surface area contributed by atoms with Crippen molar-refractivity contribution in [2.24, 2.45) is 0 Å². The zero-order valence-electron chi connectivity index (χ0n) is 16.6. The average Bonchev–Trinajstić information content (AvgIpc) is 3.22. The summed E-state index contributed by atoms with van der Waals surface area (Å²) >= 11 is 4.99. The molecule has 4 rings (SSSR count). The molecule has 0 saturated carbocycles. The number of ether oxygens (including phenoxy) is 1. The van der Waals surface area contributed by atoms with E-state index < -0.39 is 9.84 Å². The first-order valence-electron chi connectivity index (χ1n) is 9.77. The number of aromatic nitrogens is 1. The van der Waals surface area contributed by atoms with E-state index in [0.29, 0.717) is 30.8 Å². The third kappa shape index (κ3) is 4.71. The van der Waals surface area contributed by atoms with E-state index in [9.17, 15) is 8.42 Å². The fraction of sp³-hybridized carbons (Fsp3) is 0.318. The molecular formula is C22H23BrN2O3S2. The normalized spacial score (nSPS) is 15.3. The quantitative estimate of drug-likeness (QED) is 0.473. The van der Waals surface area contributed by atoms with E-state index >= 15 is 0 Å². The van der Waals surface area contributed by atoms with Crippen LogP contribution >= 0.6 is 27.3 Å². The molecule has 5 nitrogen and oxygen atoms in total. The molecule has 158 valence electrons. The van der Waals surface area contributed by atoms with E-state index in [-0.39, 0.29) is 5.25 Å². The van der Waals surface area contributed by atoms with Gasteiger partial charge in [-0.05, 0) is 48.7 Å². The Hall–Kier alpha value is -1.90. The van der Waals surface area contributed by atoms with Gasteiger partial charge in [0.2, 0.25) is 0 Å². The van der Waals surface area contributed by atoms with E-state index in [1.165, 1.54) is 0 Å². The molecule has 2 heterocycles. The van der Waals surface area contributed by atoms with Crippen LogP contribution in [0.1, 0.15) is 24.1 Å². The highest BCUT2D eigenvalue weighted by Gasteiger charge is 2.32. The SMILES string of the molecule is COc1cccc(Cc2csc(N3CCC(S(=O)(=O)c4cccc(Br)c4)CC3)n2)c1. The van der Waals surface area contributed by atoms with Gasteiger partial charge < -0.3 is 9.64 Å². The van der Waals surface area contributed by atoms with Crippen molar-refractivity contribution in [3.8, 4) is 5.75 Å². The third-order valence-electron chi connectivity index (χ3n) is 5.33. The number of hydrogen-bond acceptors (Lipinski definition) is 6. The molecule has 0 unspecified atom stereocenters. The van der Waals surface area contributed by atoms with Crippen molar-refractivity contribution in [2.45, 2.75) is 29.4 Å². The average molecular weight is 507 g/mol. The van der Waals surface area contributed by atoms with Crippen LogP contribution in [0.15, 0.2) is 63.3 Å². The molecule has 1 aliphatic rings. The number of nitrogens with zero attached hydrogens (tertiary/aromatic N) is 2. The number of methoxy groups -OCH3 is 1. The fourth-order valence-electron chi connectivity index (χ4n) is 3.71. The molecule has 0 N–H and O–H groups in total. The monoisotopic (exact) mass is 506 g/mol. The first-order chi connectivity index (χ1) is 14.5. The van der Waals surface area contributed by atoms with Crippen LogP contribution in [0.3, 0.4) is 0 Å². The van der Waals surface area contributed by atoms with E-state index in [4.69, 9.17) is 9.72 Å². The third-order valence-corrected chi connectivity index (χ3v) is 9.04. The van der Waals surface area contributed by atoms with Crippen molar-refractivity contribution >= 4 is 42.2 Å². The molecule has 8 heteroatoms. The summed E-state index contributed by atoms with van der Waals surface area (Å²) in [5.74, 6) is 0.844. The summed E-state index contributed by atoms with van der Waals surface area (Å²) in [5, 5.41) is 2.70. The number of benzene rings is 2. The maximum absolute atomic E-state index is 13.0. The van der Waals surface area contributed by atoms with Gasteiger partial charge in [-0.25, -0.2) is 13.4 Å². The van der Waals surface area contributed by atoms with Gasteiger partial charge in [0.15, 0.2) is 15.0 Å². The molecule has 0 aliphatic carbocycles. The molecule has 30 heavy (non-hydrogen) atoms. The Balaban J connectivity index is 1.40. The molecule has 0 spiro atoms. The largest absolute Gasteiger partial charge is 0.497 e. The van der Waals surface area contributed by atoms with Gasteiger partial charge in [-0.3, -0.25) is 0 Å². The first kappa shape index (κ1) is 21.3. The maximum atomic E-state index is 13.0. The fourth-order valence-corrected chi connectivity index (χ4v) is 6.91. The van der Waals surface area contributed by atoms with Crippen molar-refractivity contribution < 1.29 is 13.2 Å². The van der Waals surface area contributed by atoms with Crippen LogP contribution in [0.5, 0.6) is 5.75 Å². The summed E-state index contributed by atoms with van der Waals surface area (Å²) in [7, 11) is -1.65. The topological polar surface area (TPSA) is 59.5 Å². The van der Waals surface area contributed by atoms with E-state index in [0.717, 1.165) is 33.0 Å². The Morgan fingerprint density at radius 1 is 1.17 bits per heavy atom. The van der Waals surface area contributed by atoms with Crippen LogP contribution in [-0.2, 0) is 16.3 Å². The zero-order valence-corrected chi connectivity index (χ0v) is 19.8. The van der Waals surface area contributed by atoms with Gasteiger partial charge in [0, 0.05) is 29.4 Å². The molecule has 1 aromatic heterocycles. The van der Waals surface area contributed by atoms with Gasteiger partial charge in [0.25, 0.3) is 0 Å². The van der Waals surface area contributed by atoms with E-state index in [1.807, 2.05) is 24.3 Å². The van der Waals surface area contributed by atoms with E-state index in [2.05, 4.69) is 32.3 Å².